The number of carbonyl (C=O) groups excluding carboxylic acids is 1. The molecule has 0 aliphatic carbocycles. The standard InChI is InChI=1S/C22H30N2O4S/c1-6-18(5)24(22(25)23-20-11-8-16(3)17(4)14-20)15-19-9-12-21(13-10-19)28-29(26,27)7-2/h8-14,18H,6-7,15H2,1-5H3,(H,23,25)/t18-/m0/s1. The van der Waals surface area contributed by atoms with Gasteiger partial charge in [-0.05, 0) is 75.1 Å². The van der Waals surface area contributed by atoms with Gasteiger partial charge >= 0.3 is 16.1 Å². The molecule has 2 amide bonds. The molecule has 6 nitrogen and oxygen atoms in total. The lowest BCUT2D eigenvalue weighted by molar-refractivity contribution is 0.187. The molecule has 0 saturated carbocycles. The van der Waals surface area contributed by atoms with Gasteiger partial charge in [0.15, 0.2) is 0 Å². The van der Waals surface area contributed by atoms with Gasteiger partial charge in [-0.15, -0.1) is 0 Å². The van der Waals surface area contributed by atoms with E-state index in [2.05, 4.69) is 5.32 Å². The molecule has 0 saturated heterocycles. The fraction of sp³-hybridized carbons (Fsp3) is 0.409. The SMILES string of the molecule is CC[C@H](C)N(Cc1ccc(OS(=O)(=O)CC)cc1)C(=O)Nc1ccc(C)c(C)c1. The first-order valence-electron chi connectivity index (χ1n) is 9.81. The molecule has 0 bridgehead atoms. The second-order valence-corrected chi connectivity index (χ2v) is 9.05. The zero-order valence-electron chi connectivity index (χ0n) is 17.7. The minimum absolute atomic E-state index is 0.0398. The zero-order chi connectivity index (χ0) is 21.6. The molecule has 158 valence electrons. The van der Waals surface area contributed by atoms with E-state index in [4.69, 9.17) is 4.18 Å². The molecule has 1 atom stereocenters. The summed E-state index contributed by atoms with van der Waals surface area (Å²) in [5, 5.41) is 2.98. The van der Waals surface area contributed by atoms with Crippen LogP contribution in [0.3, 0.4) is 0 Å². The van der Waals surface area contributed by atoms with Crippen molar-refractivity contribution in [1.82, 2.24) is 4.90 Å². The van der Waals surface area contributed by atoms with Crippen LogP contribution < -0.4 is 9.50 Å². The first-order valence-corrected chi connectivity index (χ1v) is 11.4. The van der Waals surface area contributed by atoms with Crippen LogP contribution in [0.25, 0.3) is 0 Å². The highest BCUT2D eigenvalue weighted by Crippen LogP contribution is 2.19. The summed E-state index contributed by atoms with van der Waals surface area (Å²) in [7, 11) is -3.56. The van der Waals surface area contributed by atoms with Gasteiger partial charge in [0.05, 0.1) is 5.75 Å². The largest absolute Gasteiger partial charge is 0.382 e. The van der Waals surface area contributed by atoms with Gasteiger partial charge in [0, 0.05) is 18.3 Å². The number of hydrogen-bond donors (Lipinski definition) is 1. The Morgan fingerprint density at radius 3 is 2.28 bits per heavy atom. The van der Waals surface area contributed by atoms with E-state index in [1.807, 2.05) is 45.9 Å². The lowest BCUT2D eigenvalue weighted by Gasteiger charge is -2.29. The molecular weight excluding hydrogens is 388 g/mol. The second-order valence-electron chi connectivity index (χ2n) is 7.19. The van der Waals surface area contributed by atoms with E-state index in [-0.39, 0.29) is 23.6 Å². The van der Waals surface area contributed by atoms with Crippen molar-refractivity contribution < 1.29 is 17.4 Å². The Labute approximate surface area is 174 Å². The highest BCUT2D eigenvalue weighted by atomic mass is 32.2. The average Bonchev–Trinajstić information content (AvgIpc) is 2.69. The van der Waals surface area contributed by atoms with Crippen molar-refractivity contribution in [1.29, 1.82) is 0 Å². The van der Waals surface area contributed by atoms with Crippen LogP contribution in [-0.2, 0) is 16.7 Å². The van der Waals surface area contributed by atoms with Crippen LogP contribution in [0, 0.1) is 13.8 Å². The third-order valence-electron chi connectivity index (χ3n) is 4.99. The van der Waals surface area contributed by atoms with Crippen LogP contribution in [0.2, 0.25) is 0 Å². The van der Waals surface area contributed by atoms with E-state index < -0.39 is 10.1 Å². The van der Waals surface area contributed by atoms with Crippen LogP contribution in [-0.4, -0.2) is 31.1 Å². The van der Waals surface area contributed by atoms with Crippen LogP contribution in [0.1, 0.15) is 43.9 Å². The van der Waals surface area contributed by atoms with Crippen molar-refractivity contribution in [3.05, 3.63) is 59.2 Å². The van der Waals surface area contributed by atoms with Crippen molar-refractivity contribution in [2.24, 2.45) is 0 Å². The van der Waals surface area contributed by atoms with Gasteiger partial charge in [-0.25, -0.2) is 4.79 Å². The molecule has 1 N–H and O–H groups in total. The maximum atomic E-state index is 12.9. The Balaban J connectivity index is 2.13. The average molecular weight is 419 g/mol. The second kappa shape index (κ2) is 9.78. The lowest BCUT2D eigenvalue weighted by Crippen LogP contribution is -2.40. The fourth-order valence-electron chi connectivity index (χ4n) is 2.72. The quantitative estimate of drug-likeness (QED) is 0.621. The van der Waals surface area contributed by atoms with Crippen LogP contribution in [0.15, 0.2) is 42.5 Å². The number of nitrogens with one attached hydrogen (secondary N) is 1. The molecule has 2 rings (SSSR count). The van der Waals surface area contributed by atoms with Crippen molar-refractivity contribution in [2.75, 3.05) is 11.1 Å². The molecular formula is C22H30N2O4S. The third-order valence-corrected chi connectivity index (χ3v) is 6.15. The van der Waals surface area contributed by atoms with Crippen LogP contribution >= 0.6 is 0 Å². The number of nitrogens with zero attached hydrogens (tertiary/aromatic N) is 1. The lowest BCUT2D eigenvalue weighted by atomic mass is 10.1. The predicted octanol–water partition coefficient (Wildman–Crippen LogP) is 4.86. The number of amides is 2. The summed E-state index contributed by atoms with van der Waals surface area (Å²) in [4.78, 5) is 14.7. The van der Waals surface area contributed by atoms with Gasteiger partial charge in [0.1, 0.15) is 5.75 Å². The minimum atomic E-state index is -3.56. The molecule has 0 aliphatic heterocycles. The highest BCUT2D eigenvalue weighted by molar-refractivity contribution is 7.87. The molecule has 0 aliphatic rings. The Morgan fingerprint density at radius 2 is 1.72 bits per heavy atom. The fourth-order valence-corrected chi connectivity index (χ4v) is 3.24. The summed E-state index contributed by atoms with van der Waals surface area (Å²) >= 11 is 0. The minimum Gasteiger partial charge on any atom is -0.382 e. The topological polar surface area (TPSA) is 75.7 Å². The van der Waals surface area contributed by atoms with Gasteiger partial charge < -0.3 is 14.4 Å². The van der Waals surface area contributed by atoms with Gasteiger partial charge in [-0.1, -0.05) is 25.1 Å². The summed E-state index contributed by atoms with van der Waals surface area (Å²) in [6.07, 6.45) is 0.816. The highest BCUT2D eigenvalue weighted by Gasteiger charge is 2.20. The van der Waals surface area contributed by atoms with E-state index >= 15 is 0 Å². The molecule has 0 fully saturated rings. The Bertz CT molecular complexity index is 940. The number of urea groups is 1. The summed E-state index contributed by atoms with van der Waals surface area (Å²) in [6.45, 7) is 10.0. The van der Waals surface area contributed by atoms with Crippen molar-refractivity contribution >= 4 is 21.8 Å². The molecule has 0 radical (unpaired) electrons. The molecule has 0 spiro atoms. The Morgan fingerprint density at radius 1 is 1.07 bits per heavy atom. The van der Waals surface area contributed by atoms with Gasteiger partial charge in [-0.2, -0.15) is 8.42 Å². The van der Waals surface area contributed by atoms with E-state index in [0.29, 0.717) is 6.54 Å². The summed E-state index contributed by atoms with van der Waals surface area (Å²) in [5.41, 5.74) is 3.95. The van der Waals surface area contributed by atoms with Crippen molar-refractivity contribution in [3.8, 4) is 5.75 Å². The maximum Gasteiger partial charge on any atom is 0.322 e. The smallest absolute Gasteiger partial charge is 0.322 e. The Hall–Kier alpha value is -2.54. The molecule has 0 aromatic heterocycles. The number of rotatable bonds is 8. The van der Waals surface area contributed by atoms with Crippen LogP contribution in [0.5, 0.6) is 5.75 Å². The molecule has 2 aromatic rings. The predicted molar refractivity (Wildman–Crippen MR) is 117 cm³/mol. The maximum absolute atomic E-state index is 12.9. The molecule has 29 heavy (non-hydrogen) atoms. The Kier molecular flexibility index (Phi) is 7.67. The normalized spacial score (nSPS) is 12.3. The monoisotopic (exact) mass is 418 g/mol. The van der Waals surface area contributed by atoms with Crippen molar-refractivity contribution in [2.45, 2.75) is 53.6 Å². The number of hydrogen-bond acceptors (Lipinski definition) is 4. The molecule has 7 heteroatoms. The van der Waals surface area contributed by atoms with Gasteiger partial charge in [0.25, 0.3) is 0 Å². The van der Waals surface area contributed by atoms with E-state index in [9.17, 15) is 13.2 Å². The van der Waals surface area contributed by atoms with Gasteiger partial charge in [-0.3, -0.25) is 0 Å². The van der Waals surface area contributed by atoms with Crippen molar-refractivity contribution in [3.63, 3.8) is 0 Å². The molecule has 0 unspecified atom stereocenters. The number of anilines is 1. The summed E-state index contributed by atoms with van der Waals surface area (Å²) in [5.74, 6) is 0.181. The summed E-state index contributed by atoms with van der Waals surface area (Å²) in [6, 6.07) is 12.5. The third kappa shape index (κ3) is 6.49. The van der Waals surface area contributed by atoms with E-state index in [1.54, 1.807) is 29.2 Å². The number of aryl methyl sites for hydroxylation is 2. The molecule has 0 heterocycles. The first-order chi connectivity index (χ1) is 13.6. The van der Waals surface area contributed by atoms with E-state index in [1.165, 1.54) is 12.5 Å². The number of benzene rings is 2. The number of carbonyl (C=O) groups is 1. The molecule has 2 aromatic carbocycles. The summed E-state index contributed by atoms with van der Waals surface area (Å²) < 4.78 is 28.2. The van der Waals surface area contributed by atoms with Crippen LogP contribution in [0.4, 0.5) is 10.5 Å². The zero-order valence-corrected chi connectivity index (χ0v) is 18.5. The first kappa shape index (κ1) is 22.7. The van der Waals surface area contributed by atoms with E-state index in [0.717, 1.165) is 23.2 Å². The van der Waals surface area contributed by atoms with Gasteiger partial charge in [0.2, 0.25) is 0 Å².